The van der Waals surface area contributed by atoms with Gasteiger partial charge in [0.2, 0.25) is 0 Å². The minimum Gasteiger partial charge on any atom is -0.304 e. The average Bonchev–Trinajstić information content (AvgIpc) is 3.41. The summed E-state index contributed by atoms with van der Waals surface area (Å²) in [5, 5.41) is 26.4. The molecular weight excluding hydrogens is 540 g/mol. The molecule has 3 aromatic heterocycles. The van der Waals surface area contributed by atoms with Crippen LogP contribution in [0.15, 0.2) is 73.5 Å². The topological polar surface area (TPSA) is 225 Å². The molecule has 0 bridgehead atoms. The van der Waals surface area contributed by atoms with Crippen molar-refractivity contribution in [2.45, 2.75) is 16.7 Å². The maximum Gasteiger partial charge on any atom is 0.296 e. The summed E-state index contributed by atoms with van der Waals surface area (Å²) in [4.78, 5) is 13.8. The molecule has 3 N–H and O–H groups in total. The quantitative estimate of drug-likeness (QED) is 0.212. The second-order valence-corrected chi connectivity index (χ2v) is 10.7. The number of para-hydroxylation sites is 1. The monoisotopic (exact) mass is 554 g/mol. The number of hydrogen-bond acceptors (Lipinski definition) is 10. The van der Waals surface area contributed by atoms with Gasteiger partial charge >= 0.3 is 0 Å². The molecule has 0 spiro atoms. The second-order valence-electron chi connectivity index (χ2n) is 7.85. The molecule has 0 aliphatic rings. The standard InChI is InChI=1S/C21H14N8O7S2/c1-11-18(20-24-21(30)14-4-2-3-5-15(14)29(20)27-11)25-26-19-12(9-22)10-23-28(19)16-8-13(37(31,32)33)6-7-17(16)38(34,35)36/h2-8,10H,1H3,(H,24,30)(H,31,32,33)(H,34,35,36). The molecule has 192 valence electrons. The van der Waals surface area contributed by atoms with Crippen molar-refractivity contribution in [3.05, 3.63) is 70.3 Å². The first-order valence-corrected chi connectivity index (χ1v) is 13.3. The van der Waals surface area contributed by atoms with E-state index in [0.29, 0.717) is 16.6 Å². The second kappa shape index (κ2) is 8.67. The van der Waals surface area contributed by atoms with Gasteiger partial charge in [-0.25, -0.2) is 9.20 Å². The third kappa shape index (κ3) is 4.12. The number of aromatic amines is 1. The van der Waals surface area contributed by atoms with Crippen molar-refractivity contribution in [3.63, 3.8) is 0 Å². The van der Waals surface area contributed by atoms with Crippen LogP contribution in [-0.2, 0) is 20.2 Å². The van der Waals surface area contributed by atoms with Crippen LogP contribution >= 0.6 is 0 Å². The maximum atomic E-state index is 12.6. The van der Waals surface area contributed by atoms with Crippen LogP contribution in [0.5, 0.6) is 0 Å². The number of H-pyrrole nitrogens is 1. The molecule has 5 aromatic rings. The summed E-state index contributed by atoms with van der Waals surface area (Å²) < 4.78 is 68.6. The van der Waals surface area contributed by atoms with Gasteiger partial charge in [0.25, 0.3) is 25.8 Å². The van der Waals surface area contributed by atoms with E-state index in [9.17, 15) is 36.0 Å². The molecule has 15 nitrogen and oxygen atoms in total. The molecule has 0 aliphatic carbocycles. The smallest absolute Gasteiger partial charge is 0.296 e. The highest BCUT2D eigenvalue weighted by Crippen LogP contribution is 2.32. The van der Waals surface area contributed by atoms with E-state index in [-0.39, 0.29) is 22.7 Å². The van der Waals surface area contributed by atoms with Crippen molar-refractivity contribution in [3.8, 4) is 11.8 Å². The Bertz CT molecular complexity index is 2140. The van der Waals surface area contributed by atoms with E-state index in [2.05, 4.69) is 25.4 Å². The van der Waals surface area contributed by atoms with Crippen LogP contribution in [-0.4, -0.2) is 50.3 Å². The Kier molecular flexibility index (Phi) is 5.68. The van der Waals surface area contributed by atoms with Gasteiger partial charge in [0.1, 0.15) is 16.5 Å². The van der Waals surface area contributed by atoms with E-state index in [1.54, 1.807) is 31.2 Å². The summed E-state index contributed by atoms with van der Waals surface area (Å²) in [6.07, 6.45) is 1.01. The Labute approximate surface area is 212 Å². The van der Waals surface area contributed by atoms with E-state index in [1.165, 1.54) is 4.52 Å². The number of hydrogen-bond donors (Lipinski definition) is 3. The fourth-order valence-electron chi connectivity index (χ4n) is 3.78. The van der Waals surface area contributed by atoms with Crippen molar-refractivity contribution >= 4 is 48.3 Å². The molecule has 0 radical (unpaired) electrons. The highest BCUT2D eigenvalue weighted by molar-refractivity contribution is 7.86. The van der Waals surface area contributed by atoms with Crippen LogP contribution < -0.4 is 5.56 Å². The van der Waals surface area contributed by atoms with Crippen LogP contribution in [0, 0.1) is 18.3 Å². The molecule has 0 saturated heterocycles. The molecular formula is C21H14N8O7S2. The van der Waals surface area contributed by atoms with E-state index in [4.69, 9.17) is 0 Å². The van der Waals surface area contributed by atoms with Gasteiger partial charge in [-0.2, -0.15) is 32.3 Å². The van der Waals surface area contributed by atoms with Gasteiger partial charge < -0.3 is 4.98 Å². The van der Waals surface area contributed by atoms with Crippen molar-refractivity contribution in [1.29, 1.82) is 5.26 Å². The molecule has 2 aromatic carbocycles. The molecule has 38 heavy (non-hydrogen) atoms. The Balaban J connectivity index is 1.74. The summed E-state index contributed by atoms with van der Waals surface area (Å²) in [5.74, 6) is -0.341. The molecule has 0 aliphatic heterocycles. The van der Waals surface area contributed by atoms with Crippen molar-refractivity contribution in [2.75, 3.05) is 0 Å². The van der Waals surface area contributed by atoms with Crippen LogP contribution in [0.2, 0.25) is 0 Å². The molecule has 3 heterocycles. The molecule has 0 amide bonds. The maximum absolute atomic E-state index is 12.6. The highest BCUT2D eigenvalue weighted by Gasteiger charge is 2.24. The number of benzene rings is 2. The van der Waals surface area contributed by atoms with Gasteiger partial charge in [-0.3, -0.25) is 13.9 Å². The Morgan fingerprint density at radius 3 is 2.47 bits per heavy atom. The number of nitrogens with zero attached hydrogens (tertiary/aromatic N) is 7. The van der Waals surface area contributed by atoms with Gasteiger partial charge in [0.05, 0.1) is 33.4 Å². The highest BCUT2D eigenvalue weighted by atomic mass is 32.2. The number of nitriles is 1. The summed E-state index contributed by atoms with van der Waals surface area (Å²) in [7, 11) is -9.71. The van der Waals surface area contributed by atoms with Gasteiger partial charge in [-0.1, -0.05) is 12.1 Å². The lowest BCUT2D eigenvalue weighted by Crippen LogP contribution is -2.09. The average molecular weight is 555 g/mol. The Morgan fingerprint density at radius 2 is 1.79 bits per heavy atom. The third-order valence-corrected chi connectivity index (χ3v) is 7.23. The van der Waals surface area contributed by atoms with Crippen molar-refractivity contribution in [2.24, 2.45) is 10.2 Å². The van der Waals surface area contributed by atoms with Crippen LogP contribution in [0.3, 0.4) is 0 Å². The number of fused-ring (bicyclic) bond motifs is 3. The van der Waals surface area contributed by atoms with E-state index < -0.39 is 41.3 Å². The fourth-order valence-corrected chi connectivity index (χ4v) is 4.93. The largest absolute Gasteiger partial charge is 0.304 e. The number of rotatable bonds is 5. The first-order valence-electron chi connectivity index (χ1n) is 10.4. The number of azo groups is 1. The summed E-state index contributed by atoms with van der Waals surface area (Å²) in [6.45, 7) is 1.60. The summed E-state index contributed by atoms with van der Waals surface area (Å²) in [6, 6.07) is 10.8. The number of aromatic nitrogens is 5. The zero-order chi connectivity index (χ0) is 27.4. The predicted octanol–water partition coefficient (Wildman–Crippen LogP) is 2.45. The third-order valence-electron chi connectivity index (χ3n) is 5.48. The normalized spacial score (nSPS) is 12.5. The van der Waals surface area contributed by atoms with E-state index >= 15 is 0 Å². The lowest BCUT2D eigenvalue weighted by molar-refractivity contribution is 0.477. The molecule has 17 heteroatoms. The van der Waals surface area contributed by atoms with Crippen LogP contribution in [0.1, 0.15) is 11.3 Å². The lowest BCUT2D eigenvalue weighted by atomic mass is 10.2. The van der Waals surface area contributed by atoms with E-state index in [0.717, 1.165) is 29.1 Å². The Hall–Kier alpha value is -4.76. The van der Waals surface area contributed by atoms with Gasteiger partial charge in [-0.05, 0) is 37.3 Å². The number of nitrogens with one attached hydrogen (secondary N) is 1. The zero-order valence-electron chi connectivity index (χ0n) is 19.0. The molecule has 0 unspecified atom stereocenters. The van der Waals surface area contributed by atoms with E-state index in [1.807, 2.05) is 6.07 Å². The first-order chi connectivity index (χ1) is 17.9. The van der Waals surface area contributed by atoms with Crippen molar-refractivity contribution < 1.29 is 25.9 Å². The van der Waals surface area contributed by atoms with Crippen LogP contribution in [0.4, 0.5) is 11.5 Å². The minimum atomic E-state index is -4.92. The van der Waals surface area contributed by atoms with Crippen LogP contribution in [0.25, 0.3) is 22.2 Å². The molecule has 0 saturated carbocycles. The van der Waals surface area contributed by atoms with Gasteiger partial charge in [0.15, 0.2) is 17.2 Å². The van der Waals surface area contributed by atoms with Gasteiger partial charge in [-0.15, -0.1) is 10.2 Å². The fraction of sp³-hybridized carbons (Fsp3) is 0.0476. The van der Waals surface area contributed by atoms with Crippen molar-refractivity contribution in [1.82, 2.24) is 24.4 Å². The Morgan fingerprint density at radius 1 is 1.05 bits per heavy atom. The number of aryl methyl sites for hydroxylation is 1. The molecule has 0 fully saturated rings. The molecule has 0 atom stereocenters. The van der Waals surface area contributed by atoms with Gasteiger partial charge in [0, 0.05) is 0 Å². The summed E-state index contributed by atoms with van der Waals surface area (Å²) >= 11 is 0. The zero-order valence-corrected chi connectivity index (χ0v) is 20.6. The minimum absolute atomic E-state index is 0.117. The molecule has 5 rings (SSSR count). The lowest BCUT2D eigenvalue weighted by Gasteiger charge is -2.10. The summed E-state index contributed by atoms with van der Waals surface area (Å²) in [5.41, 5.74) is 0.00913. The predicted molar refractivity (Wildman–Crippen MR) is 130 cm³/mol. The SMILES string of the molecule is Cc1nn2c([nH]c(=O)c3ccccc32)c1N=Nc1c(C#N)cnn1-c1cc(S(=O)(=O)O)ccc1S(=O)(=O)O. The first kappa shape index (κ1) is 24.9.